The van der Waals surface area contributed by atoms with E-state index in [2.05, 4.69) is 20.3 Å². The third kappa shape index (κ3) is 5.01. The third-order valence-electron chi connectivity index (χ3n) is 5.60. The largest absolute Gasteiger partial charge is 0.418 e. The van der Waals surface area contributed by atoms with Gasteiger partial charge in [-0.25, -0.2) is 9.50 Å². The molecule has 1 N–H and O–H groups in total. The maximum Gasteiger partial charge on any atom is 0.418 e. The summed E-state index contributed by atoms with van der Waals surface area (Å²) < 4.78 is 48.1. The van der Waals surface area contributed by atoms with Crippen LogP contribution in [0, 0.1) is 5.41 Å². The summed E-state index contributed by atoms with van der Waals surface area (Å²) in [5, 5.41) is 7.08. The Morgan fingerprint density at radius 2 is 1.76 bits per heavy atom. The predicted molar refractivity (Wildman–Crippen MR) is 124 cm³/mol. The fraction of sp³-hybridized carbons (Fsp3) is 0.458. The number of hydrogen-bond donors (Lipinski definition) is 1. The molecule has 0 unspecified atom stereocenters. The van der Waals surface area contributed by atoms with Crippen molar-refractivity contribution in [1.29, 1.82) is 0 Å². The van der Waals surface area contributed by atoms with Crippen molar-refractivity contribution in [2.75, 3.05) is 23.3 Å². The van der Waals surface area contributed by atoms with Crippen LogP contribution in [0.4, 0.5) is 24.7 Å². The summed E-state index contributed by atoms with van der Waals surface area (Å²) in [5.41, 5.74) is -0.600. The number of morpholine rings is 1. The summed E-state index contributed by atoms with van der Waals surface area (Å²) in [6, 6.07) is 7.32. The Balaban J connectivity index is 1.69. The monoisotopic (exact) mass is 475 g/mol. The lowest BCUT2D eigenvalue weighted by atomic mass is 9.95. The lowest BCUT2D eigenvalue weighted by molar-refractivity contribution is -0.137. The minimum absolute atomic E-state index is 0.0773. The van der Waals surface area contributed by atoms with Gasteiger partial charge in [-0.2, -0.15) is 13.2 Å². The van der Waals surface area contributed by atoms with Crippen LogP contribution in [0.25, 0.3) is 16.9 Å². The Labute approximate surface area is 195 Å². The molecule has 10 heteroatoms. The lowest BCUT2D eigenvalue weighted by Crippen LogP contribution is -2.46. The van der Waals surface area contributed by atoms with Crippen molar-refractivity contribution in [3.8, 4) is 11.3 Å². The maximum absolute atomic E-state index is 13.6. The number of nitrogens with one attached hydrogen (secondary N) is 1. The highest BCUT2D eigenvalue weighted by Crippen LogP contribution is 2.38. The molecule has 182 valence electrons. The van der Waals surface area contributed by atoms with Gasteiger partial charge in [0.15, 0.2) is 5.65 Å². The summed E-state index contributed by atoms with van der Waals surface area (Å²) in [6.45, 7) is 10.4. The van der Waals surface area contributed by atoms with Crippen LogP contribution < -0.4 is 10.2 Å². The molecule has 0 radical (unpaired) electrons. The number of ether oxygens (including phenoxy) is 1. The number of halogens is 3. The minimum Gasteiger partial charge on any atom is -0.372 e. The molecule has 2 atom stereocenters. The molecule has 4 rings (SSSR count). The van der Waals surface area contributed by atoms with Gasteiger partial charge in [0.1, 0.15) is 5.82 Å². The van der Waals surface area contributed by atoms with Gasteiger partial charge in [-0.3, -0.25) is 4.79 Å². The summed E-state index contributed by atoms with van der Waals surface area (Å²) in [6.07, 6.45) is -2.78. The Bertz CT molecular complexity index is 1210. The van der Waals surface area contributed by atoms with Crippen LogP contribution in [-0.2, 0) is 15.7 Å². The molecular weight excluding hydrogens is 447 g/mol. The van der Waals surface area contributed by atoms with Crippen molar-refractivity contribution < 1.29 is 22.7 Å². The first kappa shape index (κ1) is 24.0. The number of amides is 1. The summed E-state index contributed by atoms with van der Waals surface area (Å²) >= 11 is 0. The first-order valence-corrected chi connectivity index (χ1v) is 11.1. The number of anilines is 2. The van der Waals surface area contributed by atoms with Crippen molar-refractivity contribution in [3.63, 3.8) is 0 Å². The number of carbonyl (C=O) groups excluding carboxylic acids is 1. The molecule has 1 aliphatic heterocycles. The first-order valence-electron chi connectivity index (χ1n) is 11.1. The number of nitrogens with zero attached hydrogens (tertiary/aromatic N) is 4. The number of carbonyl (C=O) groups is 1. The van der Waals surface area contributed by atoms with Gasteiger partial charge < -0.3 is 15.0 Å². The van der Waals surface area contributed by atoms with Crippen LogP contribution >= 0.6 is 0 Å². The predicted octanol–water partition coefficient (Wildman–Crippen LogP) is 5.01. The van der Waals surface area contributed by atoms with E-state index >= 15 is 0 Å². The summed E-state index contributed by atoms with van der Waals surface area (Å²) in [5.74, 6) is 0.259. The zero-order valence-electron chi connectivity index (χ0n) is 19.8. The van der Waals surface area contributed by atoms with Crippen LogP contribution in [0.15, 0.2) is 36.5 Å². The minimum atomic E-state index is -4.61. The number of fused-ring (bicyclic) bond motifs is 1. The highest BCUT2D eigenvalue weighted by atomic mass is 19.4. The normalized spacial score (nSPS) is 19.5. The second kappa shape index (κ2) is 8.57. The quantitative estimate of drug-likeness (QED) is 0.576. The smallest absolute Gasteiger partial charge is 0.372 e. The van der Waals surface area contributed by atoms with Crippen LogP contribution in [-0.4, -0.2) is 45.8 Å². The van der Waals surface area contributed by atoms with E-state index in [1.165, 1.54) is 12.1 Å². The number of aromatic nitrogens is 3. The highest BCUT2D eigenvalue weighted by Gasteiger charge is 2.35. The maximum atomic E-state index is 13.6. The molecule has 1 aliphatic rings. The van der Waals surface area contributed by atoms with Crippen molar-refractivity contribution in [2.24, 2.45) is 5.41 Å². The molecule has 3 aromatic rings. The SMILES string of the molecule is C[C@@H]1CN(c2ccc3nc(-c4ccc(C(F)(F)F)c(NC(=O)C(C)(C)C)c4)cn3n2)C[C@H](C)O1. The molecule has 0 saturated carbocycles. The van der Waals surface area contributed by atoms with E-state index in [9.17, 15) is 18.0 Å². The molecule has 0 spiro atoms. The van der Waals surface area contributed by atoms with E-state index in [-0.39, 0.29) is 17.9 Å². The molecule has 7 nitrogen and oxygen atoms in total. The molecule has 1 aromatic carbocycles. The van der Waals surface area contributed by atoms with Gasteiger partial charge in [-0.1, -0.05) is 26.8 Å². The average Bonchev–Trinajstić information content (AvgIpc) is 3.15. The van der Waals surface area contributed by atoms with E-state index in [0.29, 0.717) is 30.0 Å². The van der Waals surface area contributed by atoms with Crippen LogP contribution in [0.3, 0.4) is 0 Å². The highest BCUT2D eigenvalue weighted by molar-refractivity contribution is 5.96. The summed E-state index contributed by atoms with van der Waals surface area (Å²) in [7, 11) is 0. The second-order valence-corrected chi connectivity index (χ2v) is 9.74. The Morgan fingerprint density at radius 3 is 2.38 bits per heavy atom. The van der Waals surface area contributed by atoms with Gasteiger partial charge in [-0.15, -0.1) is 5.10 Å². The fourth-order valence-corrected chi connectivity index (χ4v) is 3.91. The average molecular weight is 476 g/mol. The Hall–Kier alpha value is -3.14. The van der Waals surface area contributed by atoms with Crippen molar-refractivity contribution in [2.45, 2.75) is 53.0 Å². The summed E-state index contributed by atoms with van der Waals surface area (Å²) in [4.78, 5) is 19.1. The van der Waals surface area contributed by atoms with Crippen LogP contribution in [0.5, 0.6) is 0 Å². The zero-order valence-corrected chi connectivity index (χ0v) is 19.8. The molecule has 1 saturated heterocycles. The van der Waals surface area contributed by atoms with E-state index in [4.69, 9.17) is 4.74 Å². The number of benzene rings is 1. The number of alkyl halides is 3. The van der Waals surface area contributed by atoms with Gasteiger partial charge in [0.05, 0.1) is 35.3 Å². The molecular formula is C24H28F3N5O2. The molecule has 0 bridgehead atoms. The van der Waals surface area contributed by atoms with E-state index in [1.807, 2.05) is 26.0 Å². The topological polar surface area (TPSA) is 71.8 Å². The van der Waals surface area contributed by atoms with E-state index in [1.54, 1.807) is 31.5 Å². The number of imidazole rings is 1. The van der Waals surface area contributed by atoms with Crippen LogP contribution in [0.2, 0.25) is 0 Å². The van der Waals surface area contributed by atoms with E-state index < -0.39 is 23.1 Å². The van der Waals surface area contributed by atoms with Crippen molar-refractivity contribution in [3.05, 3.63) is 42.1 Å². The first-order chi connectivity index (χ1) is 15.8. The molecule has 3 heterocycles. The molecule has 0 aliphatic carbocycles. The Kier molecular flexibility index (Phi) is 6.05. The van der Waals surface area contributed by atoms with Gasteiger partial charge in [-0.05, 0) is 38.1 Å². The number of rotatable bonds is 3. The molecule has 1 amide bonds. The Morgan fingerprint density at radius 1 is 1.09 bits per heavy atom. The van der Waals surface area contributed by atoms with Crippen LogP contribution in [0.1, 0.15) is 40.2 Å². The third-order valence-corrected chi connectivity index (χ3v) is 5.60. The standard InChI is InChI=1S/C24H28F3N5O2/c1-14-11-31(12-15(2)34-14)21-9-8-20-28-19(13-32(20)30-21)16-6-7-17(24(25,26)27)18(10-16)29-22(33)23(3,4)5/h6-10,13-15H,11-12H2,1-5H3,(H,29,33)/t14-,15+. The fourth-order valence-electron chi connectivity index (χ4n) is 3.91. The van der Waals surface area contributed by atoms with Gasteiger partial charge in [0.2, 0.25) is 5.91 Å². The van der Waals surface area contributed by atoms with Gasteiger partial charge in [0.25, 0.3) is 0 Å². The number of hydrogen-bond acceptors (Lipinski definition) is 5. The van der Waals surface area contributed by atoms with Gasteiger partial charge in [0, 0.05) is 24.1 Å². The molecule has 1 fully saturated rings. The lowest BCUT2D eigenvalue weighted by Gasteiger charge is -2.35. The second-order valence-electron chi connectivity index (χ2n) is 9.74. The molecule has 34 heavy (non-hydrogen) atoms. The molecule has 2 aromatic heterocycles. The van der Waals surface area contributed by atoms with Crippen molar-refractivity contribution in [1.82, 2.24) is 14.6 Å². The van der Waals surface area contributed by atoms with E-state index in [0.717, 1.165) is 11.9 Å². The zero-order chi connectivity index (χ0) is 24.8. The van der Waals surface area contributed by atoms with Gasteiger partial charge >= 0.3 is 6.18 Å². The van der Waals surface area contributed by atoms with Crippen molar-refractivity contribution >= 4 is 23.1 Å².